The summed E-state index contributed by atoms with van der Waals surface area (Å²) in [5, 5.41) is 0. The lowest BCUT2D eigenvalue weighted by Gasteiger charge is -2.34. The van der Waals surface area contributed by atoms with Gasteiger partial charge in [0.05, 0.1) is 9.79 Å². The maximum absolute atomic E-state index is 12.9. The van der Waals surface area contributed by atoms with Crippen LogP contribution in [0.3, 0.4) is 0 Å². The second kappa shape index (κ2) is 7.46. The molecule has 1 saturated carbocycles. The Kier molecular flexibility index (Phi) is 5.35. The van der Waals surface area contributed by atoms with Gasteiger partial charge in [-0.1, -0.05) is 31.7 Å². The molecular formula is C19H28N2O4S2. The quantitative estimate of drug-likeness (QED) is 0.827. The smallest absolute Gasteiger partial charge is 0.207 e. The van der Waals surface area contributed by atoms with Crippen molar-refractivity contribution in [3.05, 3.63) is 23.8 Å². The number of nitrogens with one attached hydrogen (secondary N) is 1. The van der Waals surface area contributed by atoms with Gasteiger partial charge in [-0.2, -0.15) is 4.31 Å². The molecule has 1 saturated heterocycles. The average molecular weight is 413 g/mol. The van der Waals surface area contributed by atoms with E-state index in [-0.39, 0.29) is 15.8 Å². The molecule has 1 aromatic rings. The predicted molar refractivity (Wildman–Crippen MR) is 103 cm³/mol. The van der Waals surface area contributed by atoms with E-state index in [1.807, 2.05) is 0 Å². The van der Waals surface area contributed by atoms with Crippen LogP contribution in [0.4, 0.5) is 0 Å². The number of fused-ring (bicyclic) bond motifs is 1. The Morgan fingerprint density at radius 3 is 2.33 bits per heavy atom. The third kappa shape index (κ3) is 3.81. The third-order valence-electron chi connectivity index (χ3n) is 6.25. The van der Waals surface area contributed by atoms with Crippen LogP contribution in [0, 0.1) is 5.92 Å². The summed E-state index contributed by atoms with van der Waals surface area (Å²) >= 11 is 0. The van der Waals surface area contributed by atoms with E-state index >= 15 is 0 Å². The van der Waals surface area contributed by atoms with Crippen LogP contribution in [0.15, 0.2) is 28.0 Å². The summed E-state index contributed by atoms with van der Waals surface area (Å²) in [6.45, 7) is 1.02. The summed E-state index contributed by atoms with van der Waals surface area (Å²) in [6.07, 6.45) is 9.05. The first kappa shape index (κ1) is 19.4. The molecule has 4 rings (SSSR count). The molecule has 0 unspecified atom stereocenters. The highest BCUT2D eigenvalue weighted by Crippen LogP contribution is 2.34. The van der Waals surface area contributed by atoms with E-state index in [1.54, 1.807) is 12.1 Å². The SMILES string of the molecule is O=S1(=O)N[C@@H](C2CCCCC2)Cc2ccc(S(=O)(=O)N3CCCCC3)cc21. The molecular weight excluding hydrogens is 384 g/mol. The van der Waals surface area contributed by atoms with E-state index in [0.29, 0.717) is 25.4 Å². The number of nitrogens with zero attached hydrogens (tertiary/aromatic N) is 1. The van der Waals surface area contributed by atoms with Crippen LogP contribution >= 0.6 is 0 Å². The van der Waals surface area contributed by atoms with Crippen molar-refractivity contribution in [1.82, 2.24) is 9.03 Å². The number of benzene rings is 1. The highest BCUT2D eigenvalue weighted by atomic mass is 32.2. The van der Waals surface area contributed by atoms with Gasteiger partial charge in [-0.25, -0.2) is 21.6 Å². The third-order valence-corrected chi connectivity index (χ3v) is 9.71. The number of sulfonamides is 2. The molecule has 0 spiro atoms. The van der Waals surface area contributed by atoms with Gasteiger partial charge in [0, 0.05) is 19.1 Å². The van der Waals surface area contributed by atoms with Gasteiger partial charge in [0.15, 0.2) is 0 Å². The molecule has 2 heterocycles. The van der Waals surface area contributed by atoms with Crippen LogP contribution in [-0.2, 0) is 26.5 Å². The molecule has 0 amide bonds. The summed E-state index contributed by atoms with van der Waals surface area (Å²) < 4.78 is 55.9. The Morgan fingerprint density at radius 2 is 1.63 bits per heavy atom. The van der Waals surface area contributed by atoms with Crippen LogP contribution < -0.4 is 4.72 Å². The van der Waals surface area contributed by atoms with Crippen molar-refractivity contribution in [3.8, 4) is 0 Å². The summed E-state index contributed by atoms with van der Waals surface area (Å²) in [7, 11) is -7.33. The number of piperidine rings is 1. The zero-order chi connectivity index (χ0) is 19.1. The van der Waals surface area contributed by atoms with E-state index in [9.17, 15) is 16.8 Å². The van der Waals surface area contributed by atoms with Crippen LogP contribution in [0.2, 0.25) is 0 Å². The largest absolute Gasteiger partial charge is 0.243 e. The van der Waals surface area contributed by atoms with Gasteiger partial charge < -0.3 is 0 Å². The van der Waals surface area contributed by atoms with E-state index in [1.165, 1.54) is 16.8 Å². The lowest BCUT2D eigenvalue weighted by Crippen LogP contribution is -2.46. The first-order valence-corrected chi connectivity index (χ1v) is 13.0. The van der Waals surface area contributed by atoms with Gasteiger partial charge in [0.1, 0.15) is 0 Å². The topological polar surface area (TPSA) is 83.5 Å². The Morgan fingerprint density at radius 1 is 0.963 bits per heavy atom. The summed E-state index contributed by atoms with van der Waals surface area (Å²) in [6, 6.07) is 4.58. The fraction of sp³-hybridized carbons (Fsp3) is 0.684. The minimum atomic E-state index is -3.69. The average Bonchev–Trinajstić information content (AvgIpc) is 2.68. The van der Waals surface area contributed by atoms with E-state index in [4.69, 9.17) is 0 Å². The maximum atomic E-state index is 12.9. The van der Waals surface area contributed by atoms with Gasteiger partial charge >= 0.3 is 0 Å². The first-order valence-electron chi connectivity index (χ1n) is 10.0. The minimum Gasteiger partial charge on any atom is -0.207 e. The molecule has 2 fully saturated rings. The normalized spacial score (nSPS) is 27.2. The van der Waals surface area contributed by atoms with Gasteiger partial charge in [0.2, 0.25) is 20.0 Å². The van der Waals surface area contributed by atoms with Crippen molar-refractivity contribution >= 4 is 20.0 Å². The lowest BCUT2D eigenvalue weighted by atomic mass is 9.82. The fourth-order valence-electron chi connectivity index (χ4n) is 4.71. The van der Waals surface area contributed by atoms with Gasteiger partial charge in [-0.05, 0) is 55.7 Å². The Balaban J connectivity index is 1.64. The van der Waals surface area contributed by atoms with Gasteiger partial charge in [-0.3, -0.25) is 0 Å². The molecule has 6 nitrogen and oxygen atoms in total. The standard InChI is InChI=1S/C19H28N2O4S2/c22-26(23)19-14-17(27(24,25)21-11-5-2-6-12-21)10-9-16(19)13-18(20-26)15-7-3-1-4-8-15/h9-10,14-15,18,20H,1-8,11-13H2/t18-/m1/s1. The Hall–Kier alpha value is -0.960. The molecule has 0 aromatic heterocycles. The molecule has 27 heavy (non-hydrogen) atoms. The molecule has 1 atom stereocenters. The Bertz CT molecular complexity index is 900. The molecule has 1 aliphatic carbocycles. The molecule has 0 bridgehead atoms. The minimum absolute atomic E-state index is 0.0765. The van der Waals surface area contributed by atoms with Crippen molar-refractivity contribution in [2.75, 3.05) is 13.1 Å². The Labute approximate surface area is 162 Å². The first-order chi connectivity index (χ1) is 12.9. The van der Waals surface area contributed by atoms with Crippen molar-refractivity contribution < 1.29 is 16.8 Å². The van der Waals surface area contributed by atoms with Gasteiger partial charge in [0.25, 0.3) is 0 Å². The van der Waals surface area contributed by atoms with Crippen molar-refractivity contribution in [2.45, 2.75) is 73.6 Å². The fourth-order valence-corrected chi connectivity index (χ4v) is 7.91. The van der Waals surface area contributed by atoms with Crippen LogP contribution in [0.25, 0.3) is 0 Å². The maximum Gasteiger partial charge on any atom is 0.243 e. The lowest BCUT2D eigenvalue weighted by molar-refractivity contribution is 0.285. The molecule has 0 radical (unpaired) electrons. The molecule has 2 aliphatic heterocycles. The zero-order valence-electron chi connectivity index (χ0n) is 15.6. The van der Waals surface area contributed by atoms with E-state index in [2.05, 4.69) is 4.72 Å². The van der Waals surface area contributed by atoms with E-state index < -0.39 is 20.0 Å². The zero-order valence-corrected chi connectivity index (χ0v) is 17.2. The van der Waals surface area contributed by atoms with E-state index in [0.717, 1.165) is 50.5 Å². The summed E-state index contributed by atoms with van der Waals surface area (Å²) in [5.74, 6) is 0.374. The molecule has 1 aromatic carbocycles. The molecule has 3 aliphatic rings. The summed E-state index contributed by atoms with van der Waals surface area (Å²) in [4.78, 5) is 0.220. The molecule has 150 valence electrons. The van der Waals surface area contributed by atoms with Crippen molar-refractivity contribution in [3.63, 3.8) is 0 Å². The van der Waals surface area contributed by atoms with Crippen LogP contribution in [0.1, 0.15) is 56.9 Å². The van der Waals surface area contributed by atoms with Crippen molar-refractivity contribution in [1.29, 1.82) is 0 Å². The van der Waals surface area contributed by atoms with Crippen molar-refractivity contribution in [2.24, 2.45) is 5.92 Å². The number of rotatable bonds is 3. The number of hydrogen-bond donors (Lipinski definition) is 1. The predicted octanol–water partition coefficient (Wildman–Crippen LogP) is 2.64. The molecule has 1 N–H and O–H groups in total. The highest BCUT2D eigenvalue weighted by Gasteiger charge is 2.36. The highest BCUT2D eigenvalue weighted by molar-refractivity contribution is 7.90. The molecule has 8 heteroatoms. The second-order valence-electron chi connectivity index (χ2n) is 8.06. The van der Waals surface area contributed by atoms with Crippen LogP contribution in [-0.4, -0.2) is 40.3 Å². The summed E-state index contributed by atoms with van der Waals surface area (Å²) in [5.41, 5.74) is 0.738. The monoisotopic (exact) mass is 412 g/mol. The van der Waals surface area contributed by atoms with Crippen LogP contribution in [0.5, 0.6) is 0 Å². The second-order valence-corrected chi connectivity index (χ2v) is 11.7. The van der Waals surface area contributed by atoms with Gasteiger partial charge in [-0.15, -0.1) is 0 Å². The number of hydrogen-bond acceptors (Lipinski definition) is 4.